The van der Waals surface area contributed by atoms with Crippen molar-refractivity contribution < 1.29 is 17.7 Å². The molecule has 0 spiro atoms. The Hall–Kier alpha value is -2.00. The highest BCUT2D eigenvalue weighted by Gasteiger charge is 2.35. The minimum absolute atomic E-state index is 0.149. The Morgan fingerprint density at radius 3 is 2.48 bits per heavy atom. The first-order valence-electron chi connectivity index (χ1n) is 8.19. The molecule has 0 amide bonds. The zero-order chi connectivity index (χ0) is 18.2. The molecular weight excluding hydrogens is 344 g/mol. The fourth-order valence-corrected chi connectivity index (χ4v) is 4.89. The van der Waals surface area contributed by atoms with E-state index in [1.54, 1.807) is 13.8 Å². The number of hydrogen-bond acceptors (Lipinski definition) is 7. The average Bonchev–Trinajstić information content (AvgIpc) is 2.86. The van der Waals surface area contributed by atoms with Gasteiger partial charge in [-0.2, -0.15) is 4.31 Å². The van der Waals surface area contributed by atoms with Gasteiger partial charge in [-0.3, -0.25) is 0 Å². The van der Waals surface area contributed by atoms with Gasteiger partial charge in [0, 0.05) is 17.9 Å². The van der Waals surface area contributed by atoms with Gasteiger partial charge in [-0.1, -0.05) is 5.16 Å². The van der Waals surface area contributed by atoms with E-state index >= 15 is 0 Å². The maximum Gasteiger partial charge on any atom is 0.317 e. The van der Waals surface area contributed by atoms with E-state index < -0.39 is 10.0 Å². The van der Waals surface area contributed by atoms with Crippen LogP contribution in [-0.2, 0) is 10.0 Å². The zero-order valence-electron chi connectivity index (χ0n) is 14.8. The Morgan fingerprint density at radius 2 is 1.88 bits per heavy atom. The predicted octanol–water partition coefficient (Wildman–Crippen LogP) is 1.93. The Kier molecular flexibility index (Phi) is 4.79. The van der Waals surface area contributed by atoms with Crippen molar-refractivity contribution in [1.29, 1.82) is 0 Å². The summed E-state index contributed by atoms with van der Waals surface area (Å²) < 4.78 is 38.2. The van der Waals surface area contributed by atoms with Crippen LogP contribution in [-0.4, -0.2) is 47.0 Å². The van der Waals surface area contributed by atoms with Crippen LogP contribution in [0.15, 0.2) is 15.5 Å². The maximum absolute atomic E-state index is 12.9. The quantitative estimate of drug-likeness (QED) is 0.815. The van der Waals surface area contributed by atoms with Crippen molar-refractivity contribution in [3.05, 3.63) is 28.9 Å². The van der Waals surface area contributed by atoms with Gasteiger partial charge in [-0.15, -0.1) is 0 Å². The number of hydrogen-bond donors (Lipinski definition) is 0. The first kappa shape index (κ1) is 17.8. The first-order valence-corrected chi connectivity index (χ1v) is 9.63. The molecule has 3 heterocycles. The number of aryl methyl sites for hydroxylation is 4. The number of ether oxygens (including phenoxy) is 1. The summed E-state index contributed by atoms with van der Waals surface area (Å²) >= 11 is 0. The van der Waals surface area contributed by atoms with Crippen molar-refractivity contribution in [1.82, 2.24) is 19.4 Å². The second-order valence-corrected chi connectivity index (χ2v) is 8.21. The standard InChI is InChI=1S/C16H22N4O4S/c1-10-8-11(2)18-16(17-10)23-14-6-5-7-20(9-14)25(21,22)15-12(3)19-24-13(15)4/h8,14H,5-7,9H2,1-4H3/t14-/m1/s1. The van der Waals surface area contributed by atoms with E-state index in [2.05, 4.69) is 15.1 Å². The van der Waals surface area contributed by atoms with E-state index in [1.807, 2.05) is 19.9 Å². The van der Waals surface area contributed by atoms with Crippen molar-refractivity contribution in [2.45, 2.75) is 51.5 Å². The van der Waals surface area contributed by atoms with Crippen LogP contribution in [0.3, 0.4) is 0 Å². The van der Waals surface area contributed by atoms with Gasteiger partial charge in [0.15, 0.2) is 5.76 Å². The lowest BCUT2D eigenvalue weighted by Gasteiger charge is -2.31. The molecule has 136 valence electrons. The molecule has 1 atom stereocenters. The van der Waals surface area contributed by atoms with Crippen LogP contribution in [0.1, 0.15) is 35.7 Å². The minimum atomic E-state index is -3.67. The summed E-state index contributed by atoms with van der Waals surface area (Å²) in [6.07, 6.45) is 1.17. The molecule has 1 aliphatic heterocycles. The molecule has 0 saturated carbocycles. The first-order chi connectivity index (χ1) is 11.8. The third kappa shape index (κ3) is 3.67. The summed E-state index contributed by atoms with van der Waals surface area (Å²) in [6, 6.07) is 2.15. The molecule has 8 nitrogen and oxygen atoms in total. The molecule has 0 unspecified atom stereocenters. The second kappa shape index (κ2) is 6.72. The third-order valence-corrected chi connectivity index (χ3v) is 6.25. The van der Waals surface area contributed by atoms with Crippen molar-refractivity contribution in [3.8, 4) is 6.01 Å². The topological polar surface area (TPSA) is 98.4 Å². The van der Waals surface area contributed by atoms with Crippen LogP contribution in [0.4, 0.5) is 0 Å². The molecule has 2 aromatic rings. The summed E-state index contributed by atoms with van der Waals surface area (Å²) in [4.78, 5) is 8.68. The Balaban J connectivity index is 1.79. The second-order valence-electron chi connectivity index (χ2n) is 6.33. The molecule has 1 fully saturated rings. The van der Waals surface area contributed by atoms with Gasteiger partial charge in [0.25, 0.3) is 0 Å². The van der Waals surface area contributed by atoms with Crippen molar-refractivity contribution in [3.63, 3.8) is 0 Å². The summed E-state index contributed by atoms with van der Waals surface area (Å²) in [5.41, 5.74) is 2.01. The highest BCUT2D eigenvalue weighted by Crippen LogP contribution is 2.26. The van der Waals surface area contributed by atoms with E-state index in [4.69, 9.17) is 9.26 Å². The highest BCUT2D eigenvalue weighted by molar-refractivity contribution is 7.89. The van der Waals surface area contributed by atoms with Crippen LogP contribution in [0, 0.1) is 27.7 Å². The summed E-state index contributed by atoms with van der Waals surface area (Å²) in [5.74, 6) is 0.304. The number of nitrogens with zero attached hydrogens (tertiary/aromatic N) is 4. The lowest BCUT2D eigenvalue weighted by molar-refractivity contribution is 0.118. The van der Waals surface area contributed by atoms with Gasteiger partial charge in [0.2, 0.25) is 10.0 Å². The van der Waals surface area contributed by atoms with Crippen molar-refractivity contribution in [2.24, 2.45) is 0 Å². The monoisotopic (exact) mass is 366 g/mol. The van der Waals surface area contributed by atoms with Crippen LogP contribution >= 0.6 is 0 Å². The fraction of sp³-hybridized carbons (Fsp3) is 0.562. The molecule has 2 aromatic heterocycles. The van der Waals surface area contributed by atoms with Crippen LogP contribution in [0.5, 0.6) is 6.01 Å². The smallest absolute Gasteiger partial charge is 0.317 e. The van der Waals surface area contributed by atoms with E-state index in [-0.39, 0.29) is 17.5 Å². The molecule has 0 radical (unpaired) electrons. The van der Waals surface area contributed by atoms with Gasteiger partial charge in [0.05, 0.1) is 6.54 Å². The molecule has 0 aliphatic carbocycles. The van der Waals surface area contributed by atoms with Gasteiger partial charge in [-0.25, -0.2) is 18.4 Å². The molecule has 25 heavy (non-hydrogen) atoms. The molecule has 0 N–H and O–H groups in total. The van der Waals surface area contributed by atoms with Crippen LogP contribution in [0.2, 0.25) is 0 Å². The van der Waals surface area contributed by atoms with E-state index in [0.717, 1.165) is 17.8 Å². The van der Waals surface area contributed by atoms with Crippen molar-refractivity contribution in [2.75, 3.05) is 13.1 Å². The normalized spacial score (nSPS) is 19.1. The SMILES string of the molecule is Cc1cc(C)nc(O[C@@H]2CCCN(S(=O)(=O)c3c(C)noc3C)C2)n1. The lowest BCUT2D eigenvalue weighted by Crippen LogP contribution is -2.44. The van der Waals surface area contributed by atoms with Crippen molar-refractivity contribution >= 4 is 10.0 Å². The minimum Gasteiger partial charge on any atom is -0.459 e. The molecular formula is C16H22N4O4S. The Morgan fingerprint density at radius 1 is 1.20 bits per heavy atom. The van der Waals surface area contributed by atoms with Crippen LogP contribution in [0.25, 0.3) is 0 Å². The number of aromatic nitrogens is 3. The van der Waals surface area contributed by atoms with Crippen LogP contribution < -0.4 is 4.74 Å². The zero-order valence-corrected chi connectivity index (χ0v) is 15.6. The molecule has 0 bridgehead atoms. The average molecular weight is 366 g/mol. The summed E-state index contributed by atoms with van der Waals surface area (Å²) in [7, 11) is -3.67. The fourth-order valence-electron chi connectivity index (χ4n) is 3.09. The number of sulfonamides is 1. The summed E-state index contributed by atoms with van der Waals surface area (Å²) in [6.45, 7) is 7.68. The number of rotatable bonds is 4. The molecule has 9 heteroatoms. The largest absolute Gasteiger partial charge is 0.459 e. The Bertz CT molecular complexity index is 839. The molecule has 0 aromatic carbocycles. The van der Waals surface area contributed by atoms with Gasteiger partial charge < -0.3 is 9.26 Å². The summed E-state index contributed by atoms with van der Waals surface area (Å²) in [5, 5.41) is 3.75. The van der Waals surface area contributed by atoms with E-state index in [0.29, 0.717) is 30.4 Å². The van der Waals surface area contributed by atoms with Gasteiger partial charge in [0.1, 0.15) is 16.7 Å². The number of piperidine rings is 1. The van der Waals surface area contributed by atoms with E-state index in [9.17, 15) is 8.42 Å². The lowest BCUT2D eigenvalue weighted by atomic mass is 10.1. The maximum atomic E-state index is 12.9. The molecule has 1 saturated heterocycles. The van der Waals surface area contributed by atoms with Gasteiger partial charge in [-0.05, 0) is 46.6 Å². The van der Waals surface area contributed by atoms with E-state index in [1.165, 1.54) is 4.31 Å². The predicted molar refractivity (Wildman–Crippen MR) is 89.9 cm³/mol. The molecule has 1 aliphatic rings. The molecule has 3 rings (SSSR count). The third-order valence-electron chi connectivity index (χ3n) is 4.14. The highest BCUT2D eigenvalue weighted by atomic mass is 32.2. The Labute approximate surface area is 147 Å². The van der Waals surface area contributed by atoms with Gasteiger partial charge >= 0.3 is 6.01 Å².